The van der Waals surface area contributed by atoms with Crippen LogP contribution in [0.4, 0.5) is 17.6 Å². The Morgan fingerprint density at radius 1 is 1.11 bits per heavy atom. The van der Waals surface area contributed by atoms with E-state index >= 15 is 0 Å². The maximum atomic E-state index is 13.8. The van der Waals surface area contributed by atoms with Gasteiger partial charge in [0, 0.05) is 25.2 Å². The summed E-state index contributed by atoms with van der Waals surface area (Å²) in [5.41, 5.74) is 5.97. The number of carbonyl (C=O) groups is 1. The molecule has 2 heterocycles. The Morgan fingerprint density at radius 3 is 2.48 bits per heavy atom. The number of benzene rings is 1. The molecule has 1 amide bonds. The van der Waals surface area contributed by atoms with Crippen LogP contribution in [0.25, 0.3) is 0 Å². The van der Waals surface area contributed by atoms with Crippen LogP contribution >= 0.6 is 0 Å². The van der Waals surface area contributed by atoms with Crippen LogP contribution in [-0.2, 0) is 6.42 Å². The Kier molecular flexibility index (Phi) is 5.74. The van der Waals surface area contributed by atoms with Crippen molar-refractivity contribution in [3.63, 3.8) is 0 Å². The molecule has 2 N–H and O–H groups in total. The van der Waals surface area contributed by atoms with Crippen LogP contribution in [-0.4, -0.2) is 34.9 Å². The van der Waals surface area contributed by atoms with Crippen LogP contribution in [0.1, 0.15) is 28.9 Å². The molecule has 1 fully saturated rings. The highest BCUT2D eigenvalue weighted by molar-refractivity contribution is 5.92. The fourth-order valence-electron chi connectivity index (χ4n) is 3.37. The van der Waals surface area contributed by atoms with Gasteiger partial charge in [-0.15, -0.1) is 0 Å². The number of aromatic nitrogens is 1. The van der Waals surface area contributed by atoms with Crippen molar-refractivity contribution in [1.82, 2.24) is 9.88 Å². The second kappa shape index (κ2) is 8.04. The first-order chi connectivity index (χ1) is 12.8. The highest BCUT2D eigenvalue weighted by Crippen LogP contribution is 2.24. The molecule has 0 bridgehead atoms. The maximum absolute atomic E-state index is 13.8. The van der Waals surface area contributed by atoms with Gasteiger partial charge in [-0.2, -0.15) is 0 Å². The number of nitrogens with zero attached hydrogens (tertiary/aromatic N) is 2. The SMILES string of the molecule is NC(Cc1cc(F)ccc1F)C1CCN(C(=O)c2ncc(F)cc2F)CC1. The van der Waals surface area contributed by atoms with Gasteiger partial charge in [0.05, 0.1) is 6.20 Å². The molecular formula is C19H19F4N3O. The average Bonchev–Trinajstić information content (AvgIpc) is 2.64. The lowest BCUT2D eigenvalue weighted by Crippen LogP contribution is -2.44. The number of likely N-dealkylation sites (tertiary alicyclic amines) is 1. The van der Waals surface area contributed by atoms with Gasteiger partial charge >= 0.3 is 0 Å². The fraction of sp³-hybridized carbons (Fsp3) is 0.368. The predicted octanol–water partition coefficient (Wildman–Crippen LogP) is 3.06. The summed E-state index contributed by atoms with van der Waals surface area (Å²) in [5.74, 6) is -3.46. The Labute approximate surface area is 154 Å². The molecule has 4 nitrogen and oxygen atoms in total. The Bertz CT molecular complexity index is 838. The molecule has 27 heavy (non-hydrogen) atoms. The Morgan fingerprint density at radius 2 is 1.81 bits per heavy atom. The zero-order valence-corrected chi connectivity index (χ0v) is 14.5. The molecular weight excluding hydrogens is 362 g/mol. The van der Waals surface area contributed by atoms with E-state index in [1.165, 1.54) is 4.90 Å². The third kappa shape index (κ3) is 4.44. The number of nitrogens with two attached hydrogens (primary N) is 1. The van der Waals surface area contributed by atoms with E-state index in [1.54, 1.807) is 0 Å². The van der Waals surface area contributed by atoms with E-state index in [0.29, 0.717) is 32.0 Å². The van der Waals surface area contributed by atoms with E-state index in [0.717, 1.165) is 24.4 Å². The van der Waals surface area contributed by atoms with Gasteiger partial charge in [-0.3, -0.25) is 4.79 Å². The number of pyridine rings is 1. The van der Waals surface area contributed by atoms with Gasteiger partial charge in [0.2, 0.25) is 0 Å². The second-order valence-electron chi connectivity index (χ2n) is 6.72. The number of carbonyl (C=O) groups excluding carboxylic acids is 1. The van der Waals surface area contributed by atoms with Crippen molar-refractivity contribution < 1.29 is 22.4 Å². The molecule has 0 radical (unpaired) electrons. The molecule has 8 heteroatoms. The molecule has 1 atom stereocenters. The molecule has 0 aliphatic carbocycles. The van der Waals surface area contributed by atoms with Gasteiger partial charge in [0.1, 0.15) is 17.5 Å². The van der Waals surface area contributed by atoms with Crippen LogP contribution in [0.5, 0.6) is 0 Å². The zero-order valence-electron chi connectivity index (χ0n) is 14.5. The first-order valence-corrected chi connectivity index (χ1v) is 8.65. The van der Waals surface area contributed by atoms with E-state index in [4.69, 9.17) is 5.73 Å². The van der Waals surface area contributed by atoms with Gasteiger partial charge in [0.25, 0.3) is 5.91 Å². The zero-order chi connectivity index (χ0) is 19.6. The number of piperidine rings is 1. The number of hydrogen-bond donors (Lipinski definition) is 1. The fourth-order valence-corrected chi connectivity index (χ4v) is 3.37. The lowest BCUT2D eigenvalue weighted by atomic mass is 9.86. The van der Waals surface area contributed by atoms with E-state index in [9.17, 15) is 22.4 Å². The summed E-state index contributed by atoms with van der Waals surface area (Å²) in [7, 11) is 0. The highest BCUT2D eigenvalue weighted by atomic mass is 19.1. The van der Waals surface area contributed by atoms with Crippen molar-refractivity contribution in [1.29, 1.82) is 0 Å². The van der Waals surface area contributed by atoms with Crippen molar-refractivity contribution in [3.05, 3.63) is 65.0 Å². The molecule has 1 aromatic heterocycles. The number of hydrogen-bond acceptors (Lipinski definition) is 3. The lowest BCUT2D eigenvalue weighted by Gasteiger charge is -2.34. The van der Waals surface area contributed by atoms with Gasteiger partial charge < -0.3 is 10.6 Å². The van der Waals surface area contributed by atoms with Crippen LogP contribution in [0.15, 0.2) is 30.5 Å². The van der Waals surface area contributed by atoms with Crippen molar-refractivity contribution in [2.45, 2.75) is 25.3 Å². The molecule has 3 rings (SSSR count). The molecule has 2 aromatic rings. The van der Waals surface area contributed by atoms with Crippen molar-refractivity contribution >= 4 is 5.91 Å². The highest BCUT2D eigenvalue weighted by Gasteiger charge is 2.29. The van der Waals surface area contributed by atoms with Crippen LogP contribution in [0.3, 0.4) is 0 Å². The quantitative estimate of drug-likeness (QED) is 0.829. The third-order valence-electron chi connectivity index (χ3n) is 4.91. The third-order valence-corrected chi connectivity index (χ3v) is 4.91. The average molecular weight is 381 g/mol. The largest absolute Gasteiger partial charge is 0.337 e. The minimum atomic E-state index is -1.000. The van der Waals surface area contributed by atoms with E-state index in [1.807, 2.05) is 0 Å². The molecule has 1 saturated heterocycles. The minimum absolute atomic E-state index is 0.0164. The summed E-state index contributed by atoms with van der Waals surface area (Å²) in [4.78, 5) is 17.3. The molecule has 0 spiro atoms. The summed E-state index contributed by atoms with van der Waals surface area (Å²) in [6, 6.07) is 3.49. The first kappa shape index (κ1) is 19.3. The minimum Gasteiger partial charge on any atom is -0.337 e. The topological polar surface area (TPSA) is 59.2 Å². The van der Waals surface area contributed by atoms with E-state index in [2.05, 4.69) is 4.98 Å². The normalized spacial score (nSPS) is 16.4. The number of halogens is 4. The summed E-state index contributed by atoms with van der Waals surface area (Å²) >= 11 is 0. The summed E-state index contributed by atoms with van der Waals surface area (Å²) < 4.78 is 53.7. The van der Waals surface area contributed by atoms with Gasteiger partial charge in [-0.05, 0) is 48.9 Å². The predicted molar refractivity (Wildman–Crippen MR) is 90.8 cm³/mol. The van der Waals surface area contributed by atoms with Gasteiger partial charge in [-0.1, -0.05) is 0 Å². The molecule has 144 valence electrons. The van der Waals surface area contributed by atoms with Crippen molar-refractivity contribution in [2.24, 2.45) is 11.7 Å². The summed E-state index contributed by atoms with van der Waals surface area (Å²) in [6.45, 7) is 0.669. The van der Waals surface area contributed by atoms with Gasteiger partial charge in [0.15, 0.2) is 11.5 Å². The number of amides is 1. The van der Waals surface area contributed by atoms with Crippen molar-refractivity contribution in [3.8, 4) is 0 Å². The smallest absolute Gasteiger partial charge is 0.275 e. The monoisotopic (exact) mass is 381 g/mol. The van der Waals surface area contributed by atoms with E-state index in [-0.39, 0.29) is 23.9 Å². The summed E-state index contributed by atoms with van der Waals surface area (Å²) in [6.07, 6.45) is 2.09. The molecule has 1 aliphatic heterocycles. The molecule has 1 aromatic carbocycles. The standard InChI is InChI=1S/C19H19F4N3O/c20-13-1-2-15(22)12(7-13)8-17(24)11-3-5-26(6-4-11)19(27)18-16(23)9-14(21)10-25-18/h1-2,7,9-11,17H,3-6,8,24H2. The second-order valence-corrected chi connectivity index (χ2v) is 6.72. The van der Waals surface area contributed by atoms with E-state index < -0.39 is 34.9 Å². The van der Waals surface area contributed by atoms with Crippen LogP contribution < -0.4 is 5.73 Å². The van der Waals surface area contributed by atoms with Crippen molar-refractivity contribution in [2.75, 3.05) is 13.1 Å². The first-order valence-electron chi connectivity index (χ1n) is 8.65. The maximum Gasteiger partial charge on any atom is 0.275 e. The molecule has 0 saturated carbocycles. The Balaban J connectivity index is 1.59. The van der Waals surface area contributed by atoms with Crippen LogP contribution in [0, 0.1) is 29.2 Å². The molecule has 1 unspecified atom stereocenters. The van der Waals surface area contributed by atoms with Crippen LogP contribution in [0.2, 0.25) is 0 Å². The van der Waals surface area contributed by atoms with Gasteiger partial charge in [-0.25, -0.2) is 22.5 Å². The number of rotatable bonds is 4. The molecule has 1 aliphatic rings. The summed E-state index contributed by atoms with van der Waals surface area (Å²) in [5, 5.41) is 0. The lowest BCUT2D eigenvalue weighted by molar-refractivity contribution is 0.0666. The Hall–Kier alpha value is -2.48.